The predicted molar refractivity (Wildman–Crippen MR) is 355 cm³/mol. The largest absolute Gasteiger partial charge is 0.472 e. The monoisotopic (exact) mass is 1160 g/mol. The lowest BCUT2D eigenvalue weighted by molar-refractivity contribution is -0.870. The molecule has 0 fully saturated rings. The molecule has 3 unspecified atom stereocenters. The zero-order valence-corrected chi connectivity index (χ0v) is 54.3. The second kappa shape index (κ2) is 60.3. The molecular formula is C72H124N2O7P+. The molecular weight excluding hydrogens is 1040 g/mol. The summed E-state index contributed by atoms with van der Waals surface area (Å²) < 4.78 is 30.7. The van der Waals surface area contributed by atoms with Crippen molar-refractivity contribution in [3.63, 3.8) is 0 Å². The molecule has 1 amide bonds. The molecule has 0 bridgehead atoms. The summed E-state index contributed by atoms with van der Waals surface area (Å²) in [5, 5.41) is 3.04. The van der Waals surface area contributed by atoms with E-state index in [-0.39, 0.29) is 31.5 Å². The van der Waals surface area contributed by atoms with Crippen molar-refractivity contribution in [3.05, 3.63) is 134 Å². The Morgan fingerprint density at radius 1 is 0.439 bits per heavy atom. The Bertz CT molecular complexity index is 1860. The third kappa shape index (κ3) is 60.7. The van der Waals surface area contributed by atoms with Crippen LogP contribution in [0.5, 0.6) is 0 Å². The van der Waals surface area contributed by atoms with Gasteiger partial charge in [0.05, 0.1) is 33.8 Å². The van der Waals surface area contributed by atoms with E-state index in [1.165, 1.54) is 96.3 Å². The number of likely N-dealkylation sites (N-methyl/N-ethyl adjacent to an activating group) is 1. The molecule has 3 atom stereocenters. The summed E-state index contributed by atoms with van der Waals surface area (Å²) in [6.07, 6.45) is 86.1. The maximum atomic E-state index is 13.6. The molecule has 0 saturated heterocycles. The third-order valence-electron chi connectivity index (χ3n) is 13.8. The molecule has 0 aliphatic rings. The molecule has 0 aromatic rings. The molecule has 2 N–H and O–H groups in total. The maximum absolute atomic E-state index is 13.6. The average molecular weight is 1160 g/mol. The molecule has 10 heteroatoms. The number of hydrogen-bond acceptors (Lipinski definition) is 6. The van der Waals surface area contributed by atoms with E-state index in [1.807, 2.05) is 33.3 Å². The Morgan fingerprint density at radius 3 is 1.20 bits per heavy atom. The van der Waals surface area contributed by atoms with Gasteiger partial charge in [0.2, 0.25) is 5.91 Å². The number of nitrogens with one attached hydrogen (secondary N) is 1. The van der Waals surface area contributed by atoms with E-state index in [9.17, 15) is 19.0 Å². The van der Waals surface area contributed by atoms with E-state index in [0.29, 0.717) is 23.9 Å². The molecule has 9 nitrogen and oxygen atoms in total. The van der Waals surface area contributed by atoms with Crippen LogP contribution in [0.15, 0.2) is 134 Å². The number of esters is 1. The van der Waals surface area contributed by atoms with Gasteiger partial charge in [-0.25, -0.2) is 4.57 Å². The highest BCUT2D eigenvalue weighted by molar-refractivity contribution is 7.47. The Morgan fingerprint density at radius 2 is 0.793 bits per heavy atom. The lowest BCUT2D eigenvalue weighted by atomic mass is 10.0. The summed E-state index contributed by atoms with van der Waals surface area (Å²) >= 11 is 0. The highest BCUT2D eigenvalue weighted by Gasteiger charge is 2.30. The third-order valence-corrected chi connectivity index (χ3v) is 14.8. The topological polar surface area (TPSA) is 111 Å². The van der Waals surface area contributed by atoms with E-state index in [2.05, 4.69) is 148 Å². The molecule has 0 rings (SSSR count). The SMILES string of the molecule is CC/C=C\C/C=C\C/C=C\C/C=C\C/C=C\CCCCCCCCCCCCCC(=O)NC(COP(=O)(O)OCC[N+](C)(C)C)C(/C=C\CCCCCCCCCCCC)OC(=O)CCC/C=C\C/C=C\C/C=C\C/C=C\C/C=C\CC. The number of amides is 1. The molecule has 468 valence electrons. The normalized spacial score (nSPS) is 14.5. The predicted octanol–water partition coefficient (Wildman–Crippen LogP) is 20.8. The maximum Gasteiger partial charge on any atom is 0.472 e. The zero-order chi connectivity index (χ0) is 60.0. The fourth-order valence-electron chi connectivity index (χ4n) is 8.83. The van der Waals surface area contributed by atoms with Crippen molar-refractivity contribution < 1.29 is 37.3 Å². The van der Waals surface area contributed by atoms with Crippen molar-refractivity contribution in [2.24, 2.45) is 0 Å². The van der Waals surface area contributed by atoms with Gasteiger partial charge in [0.1, 0.15) is 19.3 Å². The summed E-state index contributed by atoms with van der Waals surface area (Å²) in [5.41, 5.74) is 0. The number of hydrogen-bond donors (Lipinski definition) is 2. The Balaban J connectivity index is 5.18. The van der Waals surface area contributed by atoms with Crippen LogP contribution in [0.1, 0.15) is 258 Å². The Hall–Kier alpha value is -3.85. The van der Waals surface area contributed by atoms with E-state index in [0.717, 1.165) is 122 Å². The van der Waals surface area contributed by atoms with Crippen LogP contribution in [0.2, 0.25) is 0 Å². The second-order valence-corrected chi connectivity index (χ2v) is 24.3. The van der Waals surface area contributed by atoms with Gasteiger partial charge in [0.25, 0.3) is 0 Å². The number of rotatable bonds is 58. The first-order chi connectivity index (χ1) is 39.9. The highest BCUT2D eigenvalue weighted by atomic mass is 31.2. The van der Waals surface area contributed by atoms with Crippen molar-refractivity contribution in [2.45, 2.75) is 270 Å². The van der Waals surface area contributed by atoms with Crippen LogP contribution in [-0.2, 0) is 27.9 Å². The Kier molecular flexibility index (Phi) is 57.4. The van der Waals surface area contributed by atoms with E-state index in [4.69, 9.17) is 13.8 Å². The summed E-state index contributed by atoms with van der Waals surface area (Å²) in [6.45, 7) is 6.73. The van der Waals surface area contributed by atoms with E-state index in [1.54, 1.807) is 0 Å². The first-order valence-corrected chi connectivity index (χ1v) is 34.5. The zero-order valence-electron chi connectivity index (χ0n) is 53.4. The van der Waals surface area contributed by atoms with Gasteiger partial charge in [-0.1, -0.05) is 264 Å². The molecule has 82 heavy (non-hydrogen) atoms. The van der Waals surface area contributed by atoms with Crippen LogP contribution < -0.4 is 5.32 Å². The fraction of sp³-hybridized carbons (Fsp3) is 0.667. The lowest BCUT2D eigenvalue weighted by Gasteiger charge is -2.27. The van der Waals surface area contributed by atoms with Gasteiger partial charge in [-0.15, -0.1) is 0 Å². The number of phosphoric acid groups is 1. The smallest absolute Gasteiger partial charge is 0.456 e. The van der Waals surface area contributed by atoms with Crippen molar-refractivity contribution in [1.29, 1.82) is 0 Å². The molecule has 0 saturated carbocycles. The van der Waals surface area contributed by atoms with E-state index < -0.39 is 20.0 Å². The van der Waals surface area contributed by atoms with Crippen molar-refractivity contribution in [3.8, 4) is 0 Å². The van der Waals surface area contributed by atoms with Crippen LogP contribution >= 0.6 is 7.82 Å². The van der Waals surface area contributed by atoms with Crippen LogP contribution in [0.3, 0.4) is 0 Å². The number of phosphoric ester groups is 1. The molecule has 0 aliphatic heterocycles. The van der Waals surface area contributed by atoms with Crippen LogP contribution in [0.25, 0.3) is 0 Å². The van der Waals surface area contributed by atoms with Gasteiger partial charge >= 0.3 is 13.8 Å². The average Bonchev–Trinajstić information content (AvgIpc) is 3.47. The standard InChI is InChI=1S/C72H123N2O7P/c1-7-10-13-16-19-22-25-28-30-32-33-34-35-36-37-38-39-40-41-43-44-46-49-52-55-58-61-64-71(75)73-69(68-80-82(77,78)79-67-66-74(4,5)6)70(63-60-57-54-51-48-27-24-21-18-15-12-9-3)81-72(76)65-62-59-56-53-50-47-45-42-31-29-26-23-20-17-14-11-8-2/h10-11,13-14,19-20,22-23,28-31,33-34,36-37,45,47,53,56,60,63,69-70H,7-9,12,15-18,21,24-27,32,35,38-44,46,48-52,54-55,57-59,61-62,64-68H2,1-6H3,(H-,73,75,77,78)/p+1/b13-10-,14-11-,22-19-,23-20-,30-28-,31-29-,34-33-,37-36-,47-45-,56-53-,63-60-. The second-order valence-electron chi connectivity index (χ2n) is 22.9. The number of nitrogens with zero attached hydrogens (tertiary/aromatic N) is 1. The Labute approximate surface area is 505 Å². The number of allylic oxidation sites excluding steroid dienone is 21. The van der Waals surface area contributed by atoms with Gasteiger partial charge in [-0.05, 0) is 115 Å². The number of unbranched alkanes of at least 4 members (excludes halogenated alkanes) is 22. The highest BCUT2D eigenvalue weighted by Crippen LogP contribution is 2.43. The van der Waals surface area contributed by atoms with Crippen molar-refractivity contribution in [2.75, 3.05) is 40.9 Å². The first-order valence-electron chi connectivity index (χ1n) is 33.0. The minimum atomic E-state index is -4.47. The number of quaternary nitrogens is 1. The molecule has 0 radical (unpaired) electrons. The molecule has 0 spiro atoms. The summed E-state index contributed by atoms with van der Waals surface area (Å²) in [5.74, 6) is -0.583. The fourth-order valence-corrected chi connectivity index (χ4v) is 9.56. The van der Waals surface area contributed by atoms with Gasteiger partial charge in [-0.3, -0.25) is 18.6 Å². The van der Waals surface area contributed by atoms with Crippen LogP contribution in [0.4, 0.5) is 0 Å². The number of ether oxygens (including phenoxy) is 1. The van der Waals surface area contributed by atoms with Gasteiger partial charge in [0.15, 0.2) is 0 Å². The summed E-state index contributed by atoms with van der Waals surface area (Å²) in [6, 6.07) is -0.882. The quantitative estimate of drug-likeness (QED) is 0.0205. The van der Waals surface area contributed by atoms with Gasteiger partial charge in [-0.2, -0.15) is 0 Å². The number of carbonyl (C=O) groups excluding carboxylic acids is 2. The van der Waals surface area contributed by atoms with Gasteiger partial charge in [0, 0.05) is 12.8 Å². The minimum absolute atomic E-state index is 0.0242. The first kappa shape index (κ1) is 78.1. The van der Waals surface area contributed by atoms with Crippen LogP contribution in [-0.4, -0.2) is 74.3 Å². The lowest BCUT2D eigenvalue weighted by Crippen LogP contribution is -2.47. The molecule has 0 aliphatic carbocycles. The van der Waals surface area contributed by atoms with Crippen molar-refractivity contribution in [1.82, 2.24) is 5.32 Å². The van der Waals surface area contributed by atoms with Crippen molar-refractivity contribution >= 4 is 19.7 Å². The van der Waals surface area contributed by atoms with Crippen LogP contribution in [0, 0.1) is 0 Å². The number of carbonyl (C=O) groups is 2. The van der Waals surface area contributed by atoms with Gasteiger partial charge < -0.3 is 19.4 Å². The summed E-state index contributed by atoms with van der Waals surface area (Å²) in [7, 11) is 1.45. The summed E-state index contributed by atoms with van der Waals surface area (Å²) in [4.78, 5) is 37.8. The molecule has 0 heterocycles. The molecule has 0 aromatic heterocycles. The molecule has 0 aromatic carbocycles. The minimum Gasteiger partial charge on any atom is -0.456 e. The van der Waals surface area contributed by atoms with E-state index >= 15 is 0 Å².